The van der Waals surface area contributed by atoms with E-state index in [9.17, 15) is 0 Å². The highest BCUT2D eigenvalue weighted by molar-refractivity contribution is 5.36. The van der Waals surface area contributed by atoms with Crippen molar-refractivity contribution < 1.29 is 4.74 Å². The monoisotopic (exact) mass is 256 g/mol. The molecule has 7 nitrogen and oxygen atoms in total. The third kappa shape index (κ3) is 2.50. The molecule has 0 aliphatic carbocycles. The second-order valence-corrected chi connectivity index (χ2v) is 3.98. The molecule has 0 spiro atoms. The largest absolute Gasteiger partial charge is 0.438 e. The Hall–Kier alpha value is -2.54. The summed E-state index contributed by atoms with van der Waals surface area (Å²) in [6.07, 6.45) is 0. The van der Waals surface area contributed by atoms with Crippen molar-refractivity contribution >= 4 is 5.65 Å². The van der Waals surface area contributed by atoms with Gasteiger partial charge in [0.25, 0.3) is 0 Å². The third-order valence-corrected chi connectivity index (χ3v) is 2.55. The van der Waals surface area contributed by atoms with Crippen molar-refractivity contribution in [1.82, 2.24) is 30.6 Å². The average Bonchev–Trinajstić information content (AvgIpc) is 2.87. The smallest absolute Gasteiger partial charge is 0.239 e. The van der Waals surface area contributed by atoms with Crippen molar-refractivity contribution in [3.05, 3.63) is 42.0 Å². The van der Waals surface area contributed by atoms with Gasteiger partial charge in [-0.2, -0.15) is 0 Å². The van der Waals surface area contributed by atoms with E-state index in [0.29, 0.717) is 11.5 Å². The molecule has 0 fully saturated rings. The topological polar surface area (TPSA) is 77.2 Å². The Bertz CT molecular complexity index is 695. The quantitative estimate of drug-likeness (QED) is 0.751. The maximum atomic E-state index is 5.69. The van der Waals surface area contributed by atoms with Gasteiger partial charge < -0.3 is 10.1 Å². The predicted molar refractivity (Wildman–Crippen MR) is 67.9 cm³/mol. The van der Waals surface area contributed by atoms with E-state index in [4.69, 9.17) is 4.74 Å². The number of rotatable bonds is 4. The van der Waals surface area contributed by atoms with Crippen molar-refractivity contribution in [2.45, 2.75) is 6.54 Å². The van der Waals surface area contributed by atoms with Gasteiger partial charge in [-0.05, 0) is 41.2 Å². The molecule has 0 amide bonds. The number of benzene rings is 1. The van der Waals surface area contributed by atoms with Gasteiger partial charge in [-0.15, -0.1) is 14.8 Å². The molecule has 0 unspecified atom stereocenters. The molecule has 1 aromatic carbocycles. The van der Waals surface area contributed by atoms with Gasteiger partial charge in [-0.3, -0.25) is 0 Å². The van der Waals surface area contributed by atoms with Gasteiger partial charge in [0.05, 0.1) is 0 Å². The average molecular weight is 256 g/mol. The minimum Gasteiger partial charge on any atom is -0.438 e. The van der Waals surface area contributed by atoms with Crippen LogP contribution in [0.15, 0.2) is 36.4 Å². The highest BCUT2D eigenvalue weighted by Crippen LogP contribution is 2.20. The maximum Gasteiger partial charge on any atom is 0.239 e. The summed E-state index contributed by atoms with van der Waals surface area (Å²) in [5, 5.41) is 18.3. The number of hydrogen-bond donors (Lipinski definition) is 1. The second-order valence-electron chi connectivity index (χ2n) is 3.98. The van der Waals surface area contributed by atoms with Crippen LogP contribution >= 0.6 is 0 Å². The SMILES string of the molecule is CNCc1cccc(Oc2ccc3nnnn3n2)c1. The molecule has 0 aliphatic rings. The molecular formula is C12H12N6O. The molecule has 0 saturated heterocycles. The molecule has 0 bridgehead atoms. The number of ether oxygens (including phenoxy) is 1. The Morgan fingerprint density at radius 1 is 1.26 bits per heavy atom. The summed E-state index contributed by atoms with van der Waals surface area (Å²) >= 11 is 0. The van der Waals surface area contributed by atoms with Crippen LogP contribution in [0, 0.1) is 0 Å². The highest BCUT2D eigenvalue weighted by atomic mass is 16.5. The van der Waals surface area contributed by atoms with Crippen molar-refractivity contribution in [2.75, 3.05) is 7.05 Å². The Labute approximate surface area is 109 Å². The first-order valence-corrected chi connectivity index (χ1v) is 5.82. The summed E-state index contributed by atoms with van der Waals surface area (Å²) in [7, 11) is 1.90. The van der Waals surface area contributed by atoms with Crippen molar-refractivity contribution in [3.63, 3.8) is 0 Å². The first-order chi connectivity index (χ1) is 9.35. The van der Waals surface area contributed by atoms with E-state index in [1.54, 1.807) is 12.1 Å². The van der Waals surface area contributed by atoms with Crippen LogP contribution in [0.1, 0.15) is 5.56 Å². The van der Waals surface area contributed by atoms with Crippen LogP contribution in [0.4, 0.5) is 0 Å². The third-order valence-electron chi connectivity index (χ3n) is 2.55. The van der Waals surface area contributed by atoms with E-state index in [1.807, 2.05) is 31.3 Å². The molecule has 0 atom stereocenters. The Balaban J connectivity index is 1.85. The summed E-state index contributed by atoms with van der Waals surface area (Å²) < 4.78 is 7.01. The van der Waals surface area contributed by atoms with Crippen molar-refractivity contribution in [1.29, 1.82) is 0 Å². The fourth-order valence-corrected chi connectivity index (χ4v) is 1.73. The van der Waals surface area contributed by atoms with Crippen LogP contribution in [0.5, 0.6) is 11.6 Å². The Morgan fingerprint density at radius 3 is 3.11 bits per heavy atom. The molecule has 3 aromatic rings. The van der Waals surface area contributed by atoms with Crippen LogP contribution in [0.3, 0.4) is 0 Å². The zero-order valence-electron chi connectivity index (χ0n) is 10.3. The maximum absolute atomic E-state index is 5.69. The lowest BCUT2D eigenvalue weighted by atomic mass is 10.2. The van der Waals surface area contributed by atoms with E-state index in [-0.39, 0.29) is 0 Å². The fourth-order valence-electron chi connectivity index (χ4n) is 1.73. The number of hydrogen-bond acceptors (Lipinski definition) is 6. The first kappa shape index (κ1) is 11.5. The Kier molecular flexibility index (Phi) is 3.03. The number of tetrazole rings is 1. The van der Waals surface area contributed by atoms with Crippen LogP contribution in [-0.2, 0) is 6.54 Å². The standard InChI is InChI=1S/C12H12N6O/c1-13-8-9-3-2-4-10(7-9)19-12-6-5-11-14-16-17-18(11)15-12/h2-7,13H,8H2,1H3. The molecule has 19 heavy (non-hydrogen) atoms. The van der Waals surface area contributed by atoms with Gasteiger partial charge in [-0.25, -0.2) is 0 Å². The molecule has 0 saturated carbocycles. The molecule has 2 aromatic heterocycles. The molecule has 0 aliphatic heterocycles. The zero-order chi connectivity index (χ0) is 13.1. The number of nitrogens with one attached hydrogen (secondary N) is 1. The van der Waals surface area contributed by atoms with Crippen LogP contribution < -0.4 is 10.1 Å². The lowest BCUT2D eigenvalue weighted by Crippen LogP contribution is -2.04. The van der Waals surface area contributed by atoms with E-state index in [2.05, 4.69) is 25.9 Å². The number of nitrogens with zero attached hydrogens (tertiary/aromatic N) is 5. The van der Waals surface area contributed by atoms with Crippen LogP contribution in [-0.4, -0.2) is 32.3 Å². The van der Waals surface area contributed by atoms with Gasteiger partial charge in [-0.1, -0.05) is 12.1 Å². The summed E-state index contributed by atoms with van der Waals surface area (Å²) in [5.74, 6) is 1.18. The summed E-state index contributed by atoms with van der Waals surface area (Å²) in [6, 6.07) is 11.3. The summed E-state index contributed by atoms with van der Waals surface area (Å²) in [6.45, 7) is 0.788. The lowest BCUT2D eigenvalue weighted by Gasteiger charge is -2.06. The van der Waals surface area contributed by atoms with E-state index < -0.39 is 0 Å². The van der Waals surface area contributed by atoms with E-state index in [0.717, 1.165) is 17.9 Å². The molecule has 3 rings (SSSR count). The van der Waals surface area contributed by atoms with Gasteiger partial charge >= 0.3 is 0 Å². The van der Waals surface area contributed by atoms with Crippen LogP contribution in [0.25, 0.3) is 5.65 Å². The van der Waals surface area contributed by atoms with E-state index >= 15 is 0 Å². The molecule has 1 N–H and O–H groups in total. The lowest BCUT2D eigenvalue weighted by molar-refractivity contribution is 0.446. The molecule has 0 radical (unpaired) electrons. The Morgan fingerprint density at radius 2 is 2.21 bits per heavy atom. The van der Waals surface area contributed by atoms with Gasteiger partial charge in [0.2, 0.25) is 5.88 Å². The molecule has 7 heteroatoms. The number of fused-ring (bicyclic) bond motifs is 1. The van der Waals surface area contributed by atoms with Crippen molar-refractivity contribution in [3.8, 4) is 11.6 Å². The predicted octanol–water partition coefficient (Wildman–Crippen LogP) is 1.03. The minimum absolute atomic E-state index is 0.446. The van der Waals surface area contributed by atoms with Crippen molar-refractivity contribution in [2.24, 2.45) is 0 Å². The summed E-state index contributed by atoms with van der Waals surface area (Å²) in [4.78, 5) is 0. The zero-order valence-corrected chi connectivity index (χ0v) is 10.3. The number of aromatic nitrogens is 5. The van der Waals surface area contributed by atoms with Gasteiger partial charge in [0.1, 0.15) is 5.75 Å². The summed E-state index contributed by atoms with van der Waals surface area (Å²) in [5.41, 5.74) is 1.72. The van der Waals surface area contributed by atoms with Crippen LogP contribution in [0.2, 0.25) is 0 Å². The normalized spacial score (nSPS) is 10.8. The molecular weight excluding hydrogens is 244 g/mol. The fraction of sp³-hybridized carbons (Fsp3) is 0.167. The molecule has 2 heterocycles. The van der Waals surface area contributed by atoms with Gasteiger partial charge in [0, 0.05) is 12.6 Å². The van der Waals surface area contributed by atoms with Gasteiger partial charge in [0.15, 0.2) is 5.65 Å². The minimum atomic E-state index is 0.446. The van der Waals surface area contributed by atoms with E-state index in [1.165, 1.54) is 4.63 Å². The second kappa shape index (κ2) is 4.99. The highest BCUT2D eigenvalue weighted by Gasteiger charge is 2.03. The molecule has 96 valence electrons. The first-order valence-electron chi connectivity index (χ1n) is 5.82.